The number of allylic oxidation sites excluding steroid dienone is 1. The van der Waals surface area contributed by atoms with Gasteiger partial charge in [0.05, 0.1) is 6.61 Å². The summed E-state index contributed by atoms with van der Waals surface area (Å²) >= 11 is 1.89. The molecule has 1 fully saturated rings. The maximum atomic E-state index is 8.50. The first kappa shape index (κ1) is 10.1. The van der Waals surface area contributed by atoms with E-state index in [4.69, 9.17) is 5.11 Å². The fourth-order valence-electron chi connectivity index (χ4n) is 1.25. The summed E-state index contributed by atoms with van der Waals surface area (Å²) in [5.74, 6) is 1.31. The molecule has 2 heterocycles. The fraction of sp³-hybridized carbons (Fsp3) is 0.778. The van der Waals surface area contributed by atoms with Crippen molar-refractivity contribution in [2.75, 3.05) is 18.9 Å². The van der Waals surface area contributed by atoms with Crippen molar-refractivity contribution in [1.82, 2.24) is 5.32 Å². The van der Waals surface area contributed by atoms with Crippen LogP contribution in [0.1, 0.15) is 19.3 Å². The van der Waals surface area contributed by atoms with Crippen LogP contribution in [0.4, 0.5) is 0 Å². The van der Waals surface area contributed by atoms with Crippen molar-refractivity contribution >= 4 is 11.8 Å². The van der Waals surface area contributed by atoms with Gasteiger partial charge in [-0.15, -0.1) is 11.8 Å². The Morgan fingerprint density at radius 3 is 2.75 bits per heavy atom. The Hall–Kier alpha value is 0.01000. The average molecular weight is 187 g/mol. The molecular formula is C9H17NOS. The zero-order valence-corrected chi connectivity index (χ0v) is 8.15. The molecule has 3 heteroatoms. The van der Waals surface area contributed by atoms with E-state index in [1.807, 2.05) is 11.8 Å². The predicted molar refractivity (Wildman–Crippen MR) is 54.3 cm³/mol. The van der Waals surface area contributed by atoms with E-state index in [2.05, 4.69) is 16.8 Å². The third kappa shape index (κ3) is 4.14. The molecule has 12 heavy (non-hydrogen) atoms. The van der Waals surface area contributed by atoms with Gasteiger partial charge in [0, 0.05) is 11.8 Å². The number of thioether (sulfide) groups is 1. The largest absolute Gasteiger partial charge is 0.395 e. The molecule has 2 N–H and O–H groups in total. The van der Waals surface area contributed by atoms with Crippen LogP contribution in [0.3, 0.4) is 0 Å². The van der Waals surface area contributed by atoms with E-state index in [-0.39, 0.29) is 0 Å². The van der Waals surface area contributed by atoms with E-state index in [1.54, 1.807) is 0 Å². The SMILES string of the molecule is C1=CSCC1.OC[C@@H]1CCCN1. The molecule has 0 aromatic rings. The van der Waals surface area contributed by atoms with E-state index in [9.17, 15) is 0 Å². The third-order valence-corrected chi connectivity index (χ3v) is 2.83. The van der Waals surface area contributed by atoms with Crippen LogP contribution in [-0.2, 0) is 0 Å². The summed E-state index contributed by atoms with van der Waals surface area (Å²) in [5.41, 5.74) is 0. The zero-order chi connectivity index (χ0) is 8.65. The molecule has 0 aromatic carbocycles. The number of hydrogen-bond acceptors (Lipinski definition) is 3. The molecule has 0 aromatic heterocycles. The Labute approximate surface area is 78.4 Å². The maximum Gasteiger partial charge on any atom is 0.0584 e. The Morgan fingerprint density at radius 2 is 2.50 bits per heavy atom. The lowest BCUT2D eigenvalue weighted by Gasteiger charge is -2.01. The molecule has 70 valence electrons. The third-order valence-electron chi connectivity index (χ3n) is 1.98. The molecule has 0 unspecified atom stereocenters. The smallest absolute Gasteiger partial charge is 0.0584 e. The predicted octanol–water partition coefficient (Wildman–Crippen LogP) is 1.37. The van der Waals surface area contributed by atoms with Crippen LogP contribution in [0.15, 0.2) is 11.5 Å². The van der Waals surface area contributed by atoms with Crippen molar-refractivity contribution < 1.29 is 5.11 Å². The quantitative estimate of drug-likeness (QED) is 0.650. The van der Waals surface area contributed by atoms with E-state index in [0.29, 0.717) is 12.6 Å². The first-order chi connectivity index (χ1) is 5.93. The molecule has 1 atom stereocenters. The second-order valence-electron chi connectivity index (χ2n) is 3.01. The second-order valence-corrected chi connectivity index (χ2v) is 4.02. The van der Waals surface area contributed by atoms with Gasteiger partial charge in [0.15, 0.2) is 0 Å². The van der Waals surface area contributed by atoms with Crippen molar-refractivity contribution in [3.05, 3.63) is 11.5 Å². The van der Waals surface area contributed by atoms with Crippen molar-refractivity contribution in [2.24, 2.45) is 0 Å². The molecule has 0 aliphatic carbocycles. The highest BCUT2D eigenvalue weighted by Crippen LogP contribution is 2.11. The molecule has 2 nitrogen and oxygen atoms in total. The van der Waals surface area contributed by atoms with Gasteiger partial charge in [0.25, 0.3) is 0 Å². The Bertz CT molecular complexity index is 126. The van der Waals surface area contributed by atoms with E-state index < -0.39 is 0 Å². The average Bonchev–Trinajstić information content (AvgIpc) is 2.81. The van der Waals surface area contributed by atoms with Crippen LogP contribution in [0.5, 0.6) is 0 Å². The normalized spacial score (nSPS) is 26.9. The number of nitrogens with one attached hydrogen (secondary N) is 1. The van der Waals surface area contributed by atoms with E-state index in [1.165, 1.54) is 18.6 Å². The summed E-state index contributed by atoms with van der Waals surface area (Å²) in [6.45, 7) is 1.39. The van der Waals surface area contributed by atoms with Crippen molar-refractivity contribution in [3.8, 4) is 0 Å². The summed E-state index contributed by atoms with van der Waals surface area (Å²) in [4.78, 5) is 0. The van der Waals surface area contributed by atoms with Crippen LogP contribution in [0.2, 0.25) is 0 Å². The van der Waals surface area contributed by atoms with Gasteiger partial charge >= 0.3 is 0 Å². The van der Waals surface area contributed by atoms with Crippen LogP contribution in [0, 0.1) is 0 Å². The van der Waals surface area contributed by atoms with E-state index in [0.717, 1.165) is 13.0 Å². The molecule has 0 spiro atoms. The van der Waals surface area contributed by atoms with Crippen molar-refractivity contribution in [1.29, 1.82) is 0 Å². The molecule has 0 saturated carbocycles. The zero-order valence-electron chi connectivity index (χ0n) is 7.33. The minimum atomic E-state index is 0.306. The topological polar surface area (TPSA) is 32.3 Å². The molecule has 0 bridgehead atoms. The van der Waals surface area contributed by atoms with Crippen LogP contribution in [-0.4, -0.2) is 30.1 Å². The molecular weight excluding hydrogens is 170 g/mol. The van der Waals surface area contributed by atoms with Gasteiger partial charge in [-0.05, 0) is 31.2 Å². The summed E-state index contributed by atoms with van der Waals surface area (Å²) in [6, 6.07) is 0.403. The summed E-state index contributed by atoms with van der Waals surface area (Å²) in [5, 5.41) is 13.8. The molecule has 2 aliphatic heterocycles. The van der Waals surface area contributed by atoms with Gasteiger partial charge in [-0.3, -0.25) is 0 Å². The van der Waals surface area contributed by atoms with Gasteiger partial charge in [-0.1, -0.05) is 6.08 Å². The molecule has 0 amide bonds. The van der Waals surface area contributed by atoms with Gasteiger partial charge in [-0.2, -0.15) is 0 Å². The van der Waals surface area contributed by atoms with Gasteiger partial charge < -0.3 is 10.4 Å². The Kier molecular flexibility index (Phi) is 5.48. The summed E-state index contributed by atoms with van der Waals surface area (Å²) in [7, 11) is 0. The van der Waals surface area contributed by atoms with Crippen LogP contribution >= 0.6 is 11.8 Å². The van der Waals surface area contributed by atoms with Crippen molar-refractivity contribution in [2.45, 2.75) is 25.3 Å². The monoisotopic (exact) mass is 187 g/mol. The number of hydrogen-bond donors (Lipinski definition) is 2. The Balaban J connectivity index is 0.000000127. The number of aliphatic hydroxyl groups is 1. The van der Waals surface area contributed by atoms with E-state index >= 15 is 0 Å². The Morgan fingerprint density at radius 1 is 1.58 bits per heavy atom. The second kappa shape index (κ2) is 6.52. The lowest BCUT2D eigenvalue weighted by molar-refractivity contribution is 0.255. The maximum absolute atomic E-state index is 8.50. The van der Waals surface area contributed by atoms with Crippen molar-refractivity contribution in [3.63, 3.8) is 0 Å². The molecule has 0 radical (unpaired) electrons. The molecule has 1 saturated heterocycles. The first-order valence-electron chi connectivity index (χ1n) is 4.54. The summed E-state index contributed by atoms with van der Waals surface area (Å²) < 4.78 is 0. The number of rotatable bonds is 1. The highest BCUT2D eigenvalue weighted by molar-refractivity contribution is 8.02. The van der Waals surface area contributed by atoms with Crippen LogP contribution in [0.25, 0.3) is 0 Å². The van der Waals surface area contributed by atoms with Gasteiger partial charge in [-0.25, -0.2) is 0 Å². The molecule has 2 aliphatic rings. The minimum Gasteiger partial charge on any atom is -0.395 e. The fourth-order valence-corrected chi connectivity index (χ4v) is 1.93. The molecule has 2 rings (SSSR count). The first-order valence-corrected chi connectivity index (χ1v) is 5.59. The van der Waals surface area contributed by atoms with Crippen LogP contribution < -0.4 is 5.32 Å². The van der Waals surface area contributed by atoms with Gasteiger partial charge in [0.2, 0.25) is 0 Å². The highest BCUT2D eigenvalue weighted by Gasteiger charge is 2.10. The highest BCUT2D eigenvalue weighted by atomic mass is 32.2. The van der Waals surface area contributed by atoms with Gasteiger partial charge in [0.1, 0.15) is 0 Å². The number of aliphatic hydroxyl groups excluding tert-OH is 1. The minimum absolute atomic E-state index is 0.306. The summed E-state index contributed by atoms with van der Waals surface area (Å²) in [6.07, 6.45) is 5.86. The lowest BCUT2D eigenvalue weighted by atomic mass is 10.2. The standard InChI is InChI=1S/C5H11NO.C4H6S/c7-4-5-2-1-3-6-5;1-2-4-5-3-1/h5-7H,1-4H2;1,3H,2,4H2/t5-;/m0./s1. The lowest BCUT2D eigenvalue weighted by Crippen LogP contribution is -2.24.